The van der Waals surface area contributed by atoms with Crippen LogP contribution in [0.15, 0.2) is 24.3 Å². The summed E-state index contributed by atoms with van der Waals surface area (Å²) in [7, 11) is 1.64. The molecule has 0 unspecified atom stereocenters. The molecule has 1 aliphatic rings. The van der Waals surface area contributed by atoms with E-state index in [1.54, 1.807) is 7.11 Å². The van der Waals surface area contributed by atoms with Crippen molar-refractivity contribution in [3.05, 3.63) is 29.8 Å². The van der Waals surface area contributed by atoms with E-state index >= 15 is 0 Å². The smallest absolute Gasteiger partial charge is 0.237 e. The molecule has 2 rings (SSSR count). The summed E-state index contributed by atoms with van der Waals surface area (Å²) in [6.07, 6.45) is 1.51. The van der Waals surface area contributed by atoms with Crippen molar-refractivity contribution in [1.29, 1.82) is 0 Å². The van der Waals surface area contributed by atoms with Crippen LogP contribution in [0.5, 0.6) is 5.75 Å². The third kappa shape index (κ3) is 4.69. The molecule has 1 aromatic rings. The van der Waals surface area contributed by atoms with Gasteiger partial charge in [-0.2, -0.15) is 0 Å². The summed E-state index contributed by atoms with van der Waals surface area (Å²) >= 11 is 0. The van der Waals surface area contributed by atoms with E-state index in [4.69, 9.17) is 10.5 Å². The minimum Gasteiger partial charge on any atom is -0.497 e. The van der Waals surface area contributed by atoms with Crippen LogP contribution in [-0.4, -0.2) is 49.5 Å². The number of ether oxygens (including phenoxy) is 1. The number of benzene rings is 1. The standard InChI is InChI=1S/C17H25N3O3/c1-12(20-10-8-14(11-20)16(18)21)17(22)19-9-7-13-3-5-15(23-2)6-4-13/h3-6,12,14H,7-11H2,1-2H3,(H2,18,21)(H,19,22)/t12-,14+/m1/s1. The Morgan fingerprint density at radius 1 is 1.39 bits per heavy atom. The van der Waals surface area contributed by atoms with Crippen LogP contribution in [0.1, 0.15) is 18.9 Å². The maximum atomic E-state index is 12.2. The Balaban J connectivity index is 1.74. The number of hydrogen-bond donors (Lipinski definition) is 2. The average molecular weight is 319 g/mol. The third-order valence-electron chi connectivity index (χ3n) is 4.42. The first-order valence-electron chi connectivity index (χ1n) is 7.95. The zero-order valence-corrected chi connectivity index (χ0v) is 13.7. The molecule has 3 N–H and O–H groups in total. The van der Waals surface area contributed by atoms with Crippen molar-refractivity contribution in [2.24, 2.45) is 11.7 Å². The van der Waals surface area contributed by atoms with Crippen LogP contribution in [-0.2, 0) is 16.0 Å². The number of nitrogens with two attached hydrogens (primary N) is 1. The van der Waals surface area contributed by atoms with E-state index < -0.39 is 0 Å². The van der Waals surface area contributed by atoms with Gasteiger partial charge < -0.3 is 15.8 Å². The van der Waals surface area contributed by atoms with Gasteiger partial charge in [0.1, 0.15) is 5.75 Å². The number of nitrogens with zero attached hydrogens (tertiary/aromatic N) is 1. The zero-order valence-electron chi connectivity index (χ0n) is 13.7. The van der Waals surface area contributed by atoms with Crippen molar-refractivity contribution in [3.8, 4) is 5.75 Å². The summed E-state index contributed by atoms with van der Waals surface area (Å²) < 4.78 is 5.12. The summed E-state index contributed by atoms with van der Waals surface area (Å²) in [5.41, 5.74) is 6.47. The number of carbonyl (C=O) groups is 2. The van der Waals surface area contributed by atoms with Crippen LogP contribution >= 0.6 is 0 Å². The third-order valence-corrected chi connectivity index (χ3v) is 4.42. The van der Waals surface area contributed by atoms with Crippen LogP contribution in [0.3, 0.4) is 0 Å². The lowest BCUT2D eigenvalue weighted by Gasteiger charge is -2.23. The lowest BCUT2D eigenvalue weighted by Crippen LogP contribution is -2.45. The first kappa shape index (κ1) is 17.3. The molecule has 1 aromatic carbocycles. The number of nitrogens with one attached hydrogen (secondary N) is 1. The minimum absolute atomic E-state index is 0.0105. The highest BCUT2D eigenvalue weighted by Gasteiger charge is 2.31. The van der Waals surface area contributed by atoms with Gasteiger partial charge in [-0.3, -0.25) is 14.5 Å². The number of likely N-dealkylation sites (tertiary alicyclic amines) is 1. The molecule has 2 atom stereocenters. The molecule has 1 heterocycles. The number of carbonyl (C=O) groups excluding carboxylic acids is 2. The molecule has 6 nitrogen and oxygen atoms in total. The summed E-state index contributed by atoms with van der Waals surface area (Å²) in [6, 6.07) is 7.57. The predicted molar refractivity (Wildman–Crippen MR) is 88.0 cm³/mol. The number of rotatable bonds is 7. The fourth-order valence-corrected chi connectivity index (χ4v) is 2.81. The Kier molecular flexibility index (Phi) is 5.98. The fraction of sp³-hybridized carbons (Fsp3) is 0.529. The van der Waals surface area contributed by atoms with E-state index in [2.05, 4.69) is 5.32 Å². The second-order valence-electron chi connectivity index (χ2n) is 5.95. The molecule has 2 amide bonds. The summed E-state index contributed by atoms with van der Waals surface area (Å²) in [5.74, 6) is 0.400. The van der Waals surface area contributed by atoms with Crippen molar-refractivity contribution < 1.29 is 14.3 Å². The molecule has 23 heavy (non-hydrogen) atoms. The summed E-state index contributed by atoms with van der Waals surface area (Å²) in [5, 5.41) is 2.95. The van der Waals surface area contributed by atoms with Crippen LogP contribution in [0, 0.1) is 5.92 Å². The van der Waals surface area contributed by atoms with Crippen molar-refractivity contribution in [2.75, 3.05) is 26.7 Å². The van der Waals surface area contributed by atoms with Crippen molar-refractivity contribution in [3.63, 3.8) is 0 Å². The van der Waals surface area contributed by atoms with Gasteiger partial charge in [-0.25, -0.2) is 0 Å². The van der Waals surface area contributed by atoms with Gasteiger partial charge >= 0.3 is 0 Å². The van der Waals surface area contributed by atoms with Crippen LogP contribution in [0.4, 0.5) is 0 Å². The summed E-state index contributed by atoms with van der Waals surface area (Å²) in [6.45, 7) is 3.76. The van der Waals surface area contributed by atoms with Gasteiger partial charge in [0.2, 0.25) is 11.8 Å². The van der Waals surface area contributed by atoms with Crippen LogP contribution < -0.4 is 15.8 Å². The predicted octanol–water partition coefficient (Wildman–Crippen LogP) is 0.550. The molecular weight excluding hydrogens is 294 g/mol. The Morgan fingerprint density at radius 3 is 2.65 bits per heavy atom. The van der Waals surface area contributed by atoms with Crippen LogP contribution in [0.25, 0.3) is 0 Å². The van der Waals surface area contributed by atoms with Gasteiger partial charge in [-0.05, 0) is 44.0 Å². The highest BCUT2D eigenvalue weighted by molar-refractivity contribution is 5.82. The van der Waals surface area contributed by atoms with Gasteiger partial charge in [0.25, 0.3) is 0 Å². The quantitative estimate of drug-likeness (QED) is 0.769. The van der Waals surface area contributed by atoms with E-state index in [-0.39, 0.29) is 23.8 Å². The molecule has 0 saturated carbocycles. The van der Waals surface area contributed by atoms with Crippen LogP contribution in [0.2, 0.25) is 0 Å². The Morgan fingerprint density at radius 2 is 2.09 bits per heavy atom. The normalized spacial score (nSPS) is 19.3. The van der Waals surface area contributed by atoms with E-state index in [0.717, 1.165) is 30.7 Å². The maximum Gasteiger partial charge on any atom is 0.237 e. The Hall–Kier alpha value is -2.08. The Labute approximate surface area is 137 Å². The lowest BCUT2D eigenvalue weighted by molar-refractivity contribution is -0.126. The molecule has 126 valence electrons. The van der Waals surface area contributed by atoms with E-state index in [9.17, 15) is 9.59 Å². The largest absolute Gasteiger partial charge is 0.497 e. The van der Waals surface area contributed by atoms with Crippen molar-refractivity contribution in [1.82, 2.24) is 10.2 Å². The van der Waals surface area contributed by atoms with Crippen molar-refractivity contribution in [2.45, 2.75) is 25.8 Å². The van der Waals surface area contributed by atoms with E-state index in [1.807, 2.05) is 36.1 Å². The SMILES string of the molecule is COc1ccc(CCNC(=O)[C@@H](C)N2CC[C@H](C(N)=O)C2)cc1. The Bertz CT molecular complexity index is 545. The molecule has 1 fully saturated rings. The fourth-order valence-electron chi connectivity index (χ4n) is 2.81. The molecule has 6 heteroatoms. The second-order valence-corrected chi connectivity index (χ2v) is 5.95. The highest BCUT2D eigenvalue weighted by Crippen LogP contribution is 2.18. The van der Waals surface area contributed by atoms with Gasteiger partial charge in [-0.15, -0.1) is 0 Å². The monoisotopic (exact) mass is 319 g/mol. The first-order valence-corrected chi connectivity index (χ1v) is 7.95. The van der Waals surface area contributed by atoms with Gasteiger partial charge in [0.15, 0.2) is 0 Å². The second kappa shape index (κ2) is 7.97. The lowest BCUT2D eigenvalue weighted by atomic mass is 10.1. The van der Waals surface area contributed by atoms with Crippen molar-refractivity contribution >= 4 is 11.8 Å². The number of amides is 2. The molecule has 0 spiro atoms. The average Bonchev–Trinajstić information content (AvgIpc) is 3.05. The first-order chi connectivity index (χ1) is 11.0. The number of methoxy groups -OCH3 is 1. The molecule has 0 radical (unpaired) electrons. The molecule has 0 bridgehead atoms. The summed E-state index contributed by atoms with van der Waals surface area (Å²) in [4.78, 5) is 25.4. The van der Waals surface area contributed by atoms with Gasteiger partial charge in [0.05, 0.1) is 19.1 Å². The number of primary amides is 1. The van der Waals surface area contributed by atoms with E-state index in [1.165, 1.54) is 0 Å². The van der Waals surface area contributed by atoms with Gasteiger partial charge in [-0.1, -0.05) is 12.1 Å². The molecule has 0 aromatic heterocycles. The highest BCUT2D eigenvalue weighted by atomic mass is 16.5. The zero-order chi connectivity index (χ0) is 16.8. The molecular formula is C17H25N3O3. The maximum absolute atomic E-state index is 12.2. The molecule has 1 aliphatic heterocycles. The molecule has 0 aliphatic carbocycles. The minimum atomic E-state index is -0.278. The number of hydrogen-bond acceptors (Lipinski definition) is 4. The van der Waals surface area contributed by atoms with Gasteiger partial charge in [0, 0.05) is 13.1 Å². The molecule has 1 saturated heterocycles. The topological polar surface area (TPSA) is 84.7 Å². The van der Waals surface area contributed by atoms with E-state index in [0.29, 0.717) is 13.1 Å².